The lowest BCUT2D eigenvalue weighted by atomic mass is 10.0. The first kappa shape index (κ1) is 18.1. The Morgan fingerprint density at radius 3 is 2.28 bits per heavy atom. The van der Waals surface area contributed by atoms with E-state index in [1.165, 1.54) is 18.4 Å². The summed E-state index contributed by atoms with van der Waals surface area (Å²) in [6.07, 6.45) is 4.06. The van der Waals surface area contributed by atoms with Crippen molar-refractivity contribution in [3.63, 3.8) is 0 Å². The second-order valence-corrected chi connectivity index (χ2v) is 6.95. The molecule has 0 aromatic heterocycles. The van der Waals surface area contributed by atoms with Crippen LogP contribution in [0.5, 0.6) is 0 Å². The fourth-order valence-corrected chi connectivity index (χ4v) is 3.25. The van der Waals surface area contributed by atoms with Gasteiger partial charge in [0.2, 0.25) is 0 Å². The third kappa shape index (κ3) is 4.90. The van der Waals surface area contributed by atoms with Gasteiger partial charge in [0, 0.05) is 12.3 Å². The summed E-state index contributed by atoms with van der Waals surface area (Å²) >= 11 is 0. The van der Waals surface area contributed by atoms with E-state index in [0.29, 0.717) is 11.5 Å². The molecular formula is C22H27FO2. The summed E-state index contributed by atoms with van der Waals surface area (Å²) in [6, 6.07) is 13.7. The lowest BCUT2D eigenvalue weighted by Crippen LogP contribution is -2.32. The van der Waals surface area contributed by atoms with Crippen molar-refractivity contribution in [1.82, 2.24) is 0 Å². The lowest BCUT2D eigenvalue weighted by Gasteiger charge is -2.29. The van der Waals surface area contributed by atoms with E-state index in [1.54, 1.807) is 13.0 Å². The number of ether oxygens (including phenoxy) is 2. The van der Waals surface area contributed by atoms with Crippen LogP contribution in [-0.4, -0.2) is 19.5 Å². The number of halogens is 1. The van der Waals surface area contributed by atoms with E-state index < -0.39 is 0 Å². The van der Waals surface area contributed by atoms with E-state index in [1.807, 2.05) is 12.1 Å². The maximum absolute atomic E-state index is 13.7. The summed E-state index contributed by atoms with van der Waals surface area (Å²) in [5, 5.41) is 0. The minimum absolute atomic E-state index is 0.0843. The Morgan fingerprint density at radius 2 is 1.64 bits per heavy atom. The predicted octanol–water partition coefficient (Wildman–Crippen LogP) is 5.52. The fourth-order valence-electron chi connectivity index (χ4n) is 3.25. The lowest BCUT2D eigenvalue weighted by molar-refractivity contribution is -0.203. The molecule has 1 saturated heterocycles. The molecule has 0 bridgehead atoms. The molecule has 2 aromatic carbocycles. The molecule has 0 saturated carbocycles. The number of aryl methyl sites for hydroxylation is 2. The molecule has 0 spiro atoms. The predicted molar refractivity (Wildman–Crippen MR) is 99.0 cm³/mol. The van der Waals surface area contributed by atoms with Crippen molar-refractivity contribution >= 4 is 0 Å². The summed E-state index contributed by atoms with van der Waals surface area (Å²) in [6.45, 7) is 5.61. The Labute approximate surface area is 150 Å². The van der Waals surface area contributed by atoms with Crippen LogP contribution in [0.25, 0.3) is 11.1 Å². The quantitative estimate of drug-likeness (QED) is 0.688. The van der Waals surface area contributed by atoms with Gasteiger partial charge in [0.25, 0.3) is 0 Å². The summed E-state index contributed by atoms with van der Waals surface area (Å²) in [5.74, 6) is 0.394. The van der Waals surface area contributed by atoms with E-state index in [-0.39, 0.29) is 12.1 Å². The minimum atomic E-state index is -0.158. The second-order valence-electron chi connectivity index (χ2n) is 6.95. The van der Waals surface area contributed by atoms with Crippen molar-refractivity contribution in [2.24, 2.45) is 5.92 Å². The third-order valence-corrected chi connectivity index (χ3v) is 4.86. The number of hydrogen-bond donors (Lipinski definition) is 0. The highest BCUT2D eigenvalue weighted by molar-refractivity contribution is 5.64. The smallest absolute Gasteiger partial charge is 0.157 e. The molecule has 3 heteroatoms. The van der Waals surface area contributed by atoms with Crippen molar-refractivity contribution in [3.8, 4) is 11.1 Å². The van der Waals surface area contributed by atoms with Crippen LogP contribution in [0.15, 0.2) is 42.5 Å². The van der Waals surface area contributed by atoms with Gasteiger partial charge >= 0.3 is 0 Å². The minimum Gasteiger partial charge on any atom is -0.352 e. The number of hydrogen-bond acceptors (Lipinski definition) is 2. The van der Waals surface area contributed by atoms with Gasteiger partial charge in [0.15, 0.2) is 6.29 Å². The summed E-state index contributed by atoms with van der Waals surface area (Å²) < 4.78 is 25.4. The maximum Gasteiger partial charge on any atom is 0.157 e. The van der Waals surface area contributed by atoms with E-state index in [0.717, 1.165) is 37.2 Å². The average Bonchev–Trinajstić information content (AvgIpc) is 2.64. The van der Waals surface area contributed by atoms with E-state index in [4.69, 9.17) is 9.47 Å². The van der Waals surface area contributed by atoms with Crippen LogP contribution in [-0.2, 0) is 15.9 Å². The monoisotopic (exact) mass is 342 g/mol. The zero-order valence-electron chi connectivity index (χ0n) is 15.1. The Balaban J connectivity index is 1.52. The van der Waals surface area contributed by atoms with Gasteiger partial charge in [0.1, 0.15) is 5.82 Å². The molecule has 0 atom stereocenters. The molecule has 1 aliphatic rings. The highest BCUT2D eigenvalue weighted by Crippen LogP contribution is 2.23. The fraction of sp³-hybridized carbons (Fsp3) is 0.455. The molecular weight excluding hydrogens is 315 g/mol. The molecule has 0 amide bonds. The molecule has 0 N–H and O–H groups in total. The first-order valence-corrected chi connectivity index (χ1v) is 9.24. The van der Waals surface area contributed by atoms with E-state index in [2.05, 4.69) is 31.2 Å². The van der Waals surface area contributed by atoms with Gasteiger partial charge < -0.3 is 9.47 Å². The van der Waals surface area contributed by atoms with Gasteiger partial charge in [-0.2, -0.15) is 0 Å². The first-order valence-electron chi connectivity index (χ1n) is 9.24. The van der Waals surface area contributed by atoms with Crippen LogP contribution in [0.1, 0.15) is 37.3 Å². The molecule has 2 aromatic rings. The summed E-state index contributed by atoms with van der Waals surface area (Å²) in [5.41, 5.74) is 3.87. The number of rotatable bonds is 6. The largest absolute Gasteiger partial charge is 0.352 e. The van der Waals surface area contributed by atoms with Crippen LogP contribution >= 0.6 is 0 Å². The molecule has 3 rings (SSSR count). The van der Waals surface area contributed by atoms with Crippen LogP contribution in [0, 0.1) is 18.7 Å². The topological polar surface area (TPSA) is 18.5 Å². The Kier molecular flexibility index (Phi) is 6.22. The van der Waals surface area contributed by atoms with Crippen LogP contribution < -0.4 is 0 Å². The molecule has 134 valence electrons. The third-order valence-electron chi connectivity index (χ3n) is 4.86. The van der Waals surface area contributed by atoms with Crippen molar-refractivity contribution in [2.75, 3.05) is 13.2 Å². The van der Waals surface area contributed by atoms with Crippen LogP contribution in [0.4, 0.5) is 4.39 Å². The van der Waals surface area contributed by atoms with Gasteiger partial charge in [-0.25, -0.2) is 4.39 Å². The molecule has 0 radical (unpaired) electrons. The molecule has 0 unspecified atom stereocenters. The van der Waals surface area contributed by atoms with E-state index >= 15 is 0 Å². The SMILES string of the molecule is CCCC1COC(CCc2ccc(-c3ccc(C)c(F)c3)cc2)OC1. The van der Waals surface area contributed by atoms with Gasteiger partial charge in [-0.1, -0.05) is 49.7 Å². The molecule has 25 heavy (non-hydrogen) atoms. The zero-order chi connectivity index (χ0) is 17.6. The summed E-state index contributed by atoms with van der Waals surface area (Å²) in [7, 11) is 0. The molecule has 1 heterocycles. The van der Waals surface area contributed by atoms with Gasteiger partial charge in [-0.3, -0.25) is 0 Å². The van der Waals surface area contributed by atoms with Crippen molar-refractivity contribution < 1.29 is 13.9 Å². The second kappa shape index (κ2) is 8.59. The number of benzene rings is 2. The molecule has 2 nitrogen and oxygen atoms in total. The van der Waals surface area contributed by atoms with Crippen molar-refractivity contribution in [2.45, 2.75) is 45.8 Å². The molecule has 1 fully saturated rings. The summed E-state index contributed by atoms with van der Waals surface area (Å²) in [4.78, 5) is 0. The van der Waals surface area contributed by atoms with Gasteiger partial charge in [-0.15, -0.1) is 0 Å². The van der Waals surface area contributed by atoms with E-state index in [9.17, 15) is 4.39 Å². The Morgan fingerprint density at radius 1 is 0.960 bits per heavy atom. The maximum atomic E-state index is 13.7. The van der Waals surface area contributed by atoms with Crippen LogP contribution in [0.2, 0.25) is 0 Å². The van der Waals surface area contributed by atoms with Gasteiger partial charge in [-0.05, 0) is 48.1 Å². The first-order chi connectivity index (χ1) is 12.2. The highest BCUT2D eigenvalue weighted by atomic mass is 19.1. The van der Waals surface area contributed by atoms with Crippen LogP contribution in [0.3, 0.4) is 0 Å². The average molecular weight is 342 g/mol. The van der Waals surface area contributed by atoms with Crippen molar-refractivity contribution in [1.29, 1.82) is 0 Å². The highest BCUT2D eigenvalue weighted by Gasteiger charge is 2.21. The van der Waals surface area contributed by atoms with Crippen molar-refractivity contribution in [3.05, 3.63) is 59.4 Å². The zero-order valence-corrected chi connectivity index (χ0v) is 15.1. The molecule has 0 aliphatic carbocycles. The normalized spacial score (nSPS) is 20.6. The Hall–Kier alpha value is -1.71. The van der Waals surface area contributed by atoms with Gasteiger partial charge in [0.05, 0.1) is 13.2 Å². The Bertz CT molecular complexity index is 673. The molecule has 1 aliphatic heterocycles. The standard InChI is InChI=1S/C22H27FO2/c1-3-4-18-14-24-22(25-15-18)12-8-17-6-10-19(11-7-17)20-9-5-16(2)21(23)13-20/h5-7,9-11,13,18,22H,3-4,8,12,14-15H2,1-2H3.